The van der Waals surface area contributed by atoms with Crippen LogP contribution in [0.15, 0.2) is 24.3 Å². The molecule has 1 aromatic carbocycles. The van der Waals surface area contributed by atoms with Crippen molar-refractivity contribution in [1.29, 1.82) is 0 Å². The zero-order valence-electron chi connectivity index (χ0n) is 19.5. The lowest BCUT2D eigenvalue weighted by Gasteiger charge is -2.30. The van der Waals surface area contributed by atoms with Gasteiger partial charge in [0.15, 0.2) is 0 Å². The third-order valence-corrected chi connectivity index (χ3v) is 5.85. The van der Waals surface area contributed by atoms with Crippen LogP contribution in [0, 0.1) is 5.92 Å². The Labute approximate surface area is 198 Å². The number of esters is 1. The zero-order chi connectivity index (χ0) is 24.5. The molecule has 0 spiro atoms. The highest BCUT2D eigenvalue weighted by Crippen LogP contribution is 2.22. The first kappa shape index (κ1) is 26.3. The van der Waals surface area contributed by atoms with Crippen LogP contribution in [0.25, 0.3) is 0 Å². The number of carbonyl (C=O) groups is 4. The zero-order valence-corrected chi connectivity index (χ0v) is 20.4. The number of methoxy groups -OCH3 is 2. The van der Waals surface area contributed by atoms with E-state index in [1.54, 1.807) is 44.4 Å². The first-order valence-electron chi connectivity index (χ1n) is 10.6. The smallest absolute Gasteiger partial charge is 0.328 e. The van der Waals surface area contributed by atoms with Gasteiger partial charge in [-0.2, -0.15) is 11.8 Å². The number of thioether (sulfide) groups is 1. The predicted molar refractivity (Wildman–Crippen MR) is 126 cm³/mol. The normalized spacial score (nSPS) is 18.4. The summed E-state index contributed by atoms with van der Waals surface area (Å²) in [6.45, 7) is 3.88. The van der Waals surface area contributed by atoms with Crippen LogP contribution in [0.5, 0.6) is 5.75 Å². The van der Waals surface area contributed by atoms with Gasteiger partial charge >= 0.3 is 12.0 Å². The molecule has 1 saturated heterocycles. The molecule has 0 aromatic heterocycles. The van der Waals surface area contributed by atoms with E-state index in [0.29, 0.717) is 24.4 Å². The van der Waals surface area contributed by atoms with E-state index >= 15 is 0 Å². The number of anilines is 1. The van der Waals surface area contributed by atoms with Crippen LogP contribution in [-0.2, 0) is 19.1 Å². The molecule has 1 aromatic rings. The third-order valence-electron chi connectivity index (χ3n) is 5.32. The Morgan fingerprint density at radius 3 is 2.55 bits per heavy atom. The van der Waals surface area contributed by atoms with Crippen molar-refractivity contribution in [3.63, 3.8) is 0 Å². The molecule has 3 atom stereocenters. The fraction of sp³-hybridized carbons (Fsp3) is 0.545. The molecule has 33 heavy (non-hydrogen) atoms. The molecule has 3 N–H and O–H groups in total. The Morgan fingerprint density at radius 1 is 1.21 bits per heavy atom. The van der Waals surface area contributed by atoms with Crippen LogP contribution < -0.4 is 20.7 Å². The maximum absolute atomic E-state index is 13.2. The molecule has 1 aliphatic heterocycles. The molecule has 1 aliphatic rings. The molecule has 3 unspecified atom stereocenters. The minimum Gasteiger partial charge on any atom is -0.497 e. The number of hydrogen-bond acceptors (Lipinski definition) is 7. The first-order valence-corrected chi connectivity index (χ1v) is 12.0. The summed E-state index contributed by atoms with van der Waals surface area (Å²) in [5.41, 5.74) is 0.520. The van der Waals surface area contributed by atoms with E-state index in [4.69, 9.17) is 9.47 Å². The van der Waals surface area contributed by atoms with Crippen molar-refractivity contribution < 1.29 is 28.7 Å². The van der Waals surface area contributed by atoms with Gasteiger partial charge in [-0.1, -0.05) is 19.9 Å². The van der Waals surface area contributed by atoms with Crippen LogP contribution in [0.4, 0.5) is 10.5 Å². The number of urea groups is 1. The third kappa shape index (κ3) is 7.01. The monoisotopic (exact) mass is 480 g/mol. The highest BCUT2D eigenvalue weighted by molar-refractivity contribution is 7.99. The molecule has 0 aliphatic carbocycles. The number of carbonyl (C=O) groups excluding carboxylic acids is 4. The van der Waals surface area contributed by atoms with Crippen molar-refractivity contribution in [2.24, 2.45) is 5.92 Å². The Kier molecular flexibility index (Phi) is 9.83. The lowest BCUT2D eigenvalue weighted by atomic mass is 10.0. The molecule has 0 bridgehead atoms. The van der Waals surface area contributed by atoms with Crippen molar-refractivity contribution >= 4 is 41.3 Å². The fourth-order valence-electron chi connectivity index (χ4n) is 3.65. The van der Waals surface area contributed by atoms with Crippen LogP contribution in [0.2, 0.25) is 0 Å². The number of ether oxygens (including phenoxy) is 2. The van der Waals surface area contributed by atoms with E-state index in [2.05, 4.69) is 16.0 Å². The maximum atomic E-state index is 13.2. The van der Waals surface area contributed by atoms with Gasteiger partial charge in [-0.3, -0.25) is 9.59 Å². The molecule has 11 heteroatoms. The summed E-state index contributed by atoms with van der Waals surface area (Å²) in [5.74, 6) is -0.726. The maximum Gasteiger partial charge on any atom is 0.328 e. The van der Waals surface area contributed by atoms with Crippen molar-refractivity contribution in [2.75, 3.05) is 38.1 Å². The van der Waals surface area contributed by atoms with Crippen LogP contribution in [0.3, 0.4) is 0 Å². The first-order chi connectivity index (χ1) is 15.7. The molecule has 0 saturated carbocycles. The Bertz CT molecular complexity index is 865. The van der Waals surface area contributed by atoms with Crippen molar-refractivity contribution in [3.8, 4) is 5.75 Å². The number of likely N-dealkylation sites (tertiary alicyclic amines) is 1. The number of hydrogen-bond donors (Lipinski definition) is 3. The average molecular weight is 481 g/mol. The van der Waals surface area contributed by atoms with Gasteiger partial charge in [0, 0.05) is 18.3 Å². The molecule has 1 heterocycles. The van der Waals surface area contributed by atoms with E-state index < -0.39 is 36.0 Å². The fourth-order valence-corrected chi connectivity index (χ4v) is 4.07. The number of nitrogens with zero attached hydrogens (tertiary/aromatic N) is 1. The molecule has 10 nitrogen and oxygen atoms in total. The minimum absolute atomic E-state index is 0.205. The van der Waals surface area contributed by atoms with E-state index in [-0.39, 0.29) is 17.6 Å². The standard InChI is InChI=1S/C22H32N4O6S/c1-13(2)18(21(29)32-4)25-20(28)19-16(9-10-26(19)17(27)12-33-5)24-22(30)23-14-7-6-8-15(11-14)31-3/h6-8,11,13,16,18-19H,9-10,12H2,1-5H3,(H,25,28)(H2,23,24,30). The van der Waals surface area contributed by atoms with Gasteiger partial charge in [0.2, 0.25) is 11.8 Å². The topological polar surface area (TPSA) is 126 Å². The van der Waals surface area contributed by atoms with Crippen LogP contribution in [0.1, 0.15) is 20.3 Å². The Balaban J connectivity index is 2.18. The van der Waals surface area contributed by atoms with Crippen molar-refractivity contribution in [1.82, 2.24) is 15.5 Å². The van der Waals surface area contributed by atoms with Gasteiger partial charge in [-0.25, -0.2) is 9.59 Å². The van der Waals surface area contributed by atoms with Gasteiger partial charge < -0.3 is 30.3 Å². The quantitative estimate of drug-likeness (QED) is 0.457. The highest BCUT2D eigenvalue weighted by atomic mass is 32.2. The summed E-state index contributed by atoms with van der Waals surface area (Å²) >= 11 is 1.35. The molecular weight excluding hydrogens is 448 g/mol. The number of amides is 4. The highest BCUT2D eigenvalue weighted by Gasteiger charge is 2.43. The van der Waals surface area contributed by atoms with E-state index in [9.17, 15) is 19.2 Å². The predicted octanol–water partition coefficient (Wildman–Crippen LogP) is 1.46. The van der Waals surface area contributed by atoms with E-state index in [1.807, 2.05) is 0 Å². The lowest BCUT2D eigenvalue weighted by molar-refractivity contribution is -0.147. The average Bonchev–Trinajstić information content (AvgIpc) is 3.20. The summed E-state index contributed by atoms with van der Waals surface area (Å²) < 4.78 is 9.96. The second kappa shape index (κ2) is 12.3. The lowest BCUT2D eigenvalue weighted by Crippen LogP contribution is -2.58. The number of nitrogens with one attached hydrogen (secondary N) is 3. The molecule has 1 fully saturated rings. The summed E-state index contributed by atoms with van der Waals surface area (Å²) in [4.78, 5) is 52.1. The number of benzene rings is 1. The Morgan fingerprint density at radius 2 is 1.94 bits per heavy atom. The summed E-state index contributed by atoms with van der Waals surface area (Å²) in [7, 11) is 2.78. The van der Waals surface area contributed by atoms with Crippen LogP contribution >= 0.6 is 11.8 Å². The second-order valence-corrected chi connectivity index (χ2v) is 8.81. The summed E-state index contributed by atoms with van der Waals surface area (Å²) in [5, 5.41) is 8.22. The van der Waals surface area contributed by atoms with E-state index in [1.165, 1.54) is 30.9 Å². The van der Waals surface area contributed by atoms with Crippen molar-refractivity contribution in [2.45, 2.75) is 38.4 Å². The molecule has 2 rings (SSSR count). The largest absolute Gasteiger partial charge is 0.497 e. The van der Waals surface area contributed by atoms with Gasteiger partial charge in [0.05, 0.1) is 26.0 Å². The molecule has 4 amide bonds. The summed E-state index contributed by atoms with van der Waals surface area (Å²) in [6, 6.07) is 3.89. The van der Waals surface area contributed by atoms with Gasteiger partial charge in [-0.15, -0.1) is 0 Å². The van der Waals surface area contributed by atoms with Gasteiger partial charge in [0.25, 0.3) is 0 Å². The Hall–Kier alpha value is -2.95. The van der Waals surface area contributed by atoms with Crippen LogP contribution in [-0.4, -0.2) is 79.6 Å². The number of rotatable bonds is 9. The molecular formula is C22H32N4O6S. The summed E-state index contributed by atoms with van der Waals surface area (Å²) in [6.07, 6.45) is 2.20. The van der Waals surface area contributed by atoms with Gasteiger partial charge in [-0.05, 0) is 30.7 Å². The van der Waals surface area contributed by atoms with Gasteiger partial charge in [0.1, 0.15) is 17.8 Å². The van der Waals surface area contributed by atoms with E-state index in [0.717, 1.165) is 0 Å². The molecule has 0 radical (unpaired) electrons. The SMILES string of the molecule is COC(=O)C(NC(=O)C1C(NC(=O)Nc2cccc(OC)c2)CCN1C(=O)CSC)C(C)C. The second-order valence-electron chi connectivity index (χ2n) is 7.94. The molecule has 182 valence electrons. The van der Waals surface area contributed by atoms with Crippen molar-refractivity contribution in [3.05, 3.63) is 24.3 Å². The minimum atomic E-state index is -0.952.